The van der Waals surface area contributed by atoms with Gasteiger partial charge in [0, 0.05) is 19.2 Å². The minimum Gasteiger partial charge on any atom is -0.369 e. The molecule has 16 heavy (non-hydrogen) atoms. The number of aromatic nitrogens is 2. The molecule has 0 aromatic carbocycles. The van der Waals surface area contributed by atoms with Gasteiger partial charge in [-0.3, -0.25) is 4.98 Å². The molecule has 0 bridgehead atoms. The third-order valence-electron chi connectivity index (χ3n) is 2.54. The molecule has 0 radical (unpaired) electrons. The van der Waals surface area contributed by atoms with E-state index < -0.39 is 5.79 Å². The summed E-state index contributed by atoms with van der Waals surface area (Å²) in [6, 6.07) is 0. The van der Waals surface area contributed by atoms with Crippen LogP contribution in [0.25, 0.3) is 0 Å². The normalized spacial score (nSPS) is 18.6. The van der Waals surface area contributed by atoms with Crippen LogP contribution in [0.2, 0.25) is 0 Å². The van der Waals surface area contributed by atoms with E-state index in [1.165, 1.54) is 0 Å². The maximum atomic E-state index is 5.50. The van der Waals surface area contributed by atoms with Crippen LogP contribution < -0.4 is 5.32 Å². The molecule has 2 rings (SSSR count). The summed E-state index contributed by atoms with van der Waals surface area (Å²) in [5.74, 6) is 0.353. The fraction of sp³-hybridized carbons (Fsp3) is 0.636. The molecule has 0 amide bonds. The van der Waals surface area contributed by atoms with Crippen LogP contribution in [-0.2, 0) is 9.47 Å². The van der Waals surface area contributed by atoms with Gasteiger partial charge in [0.25, 0.3) is 0 Å². The van der Waals surface area contributed by atoms with Gasteiger partial charge < -0.3 is 14.8 Å². The van der Waals surface area contributed by atoms with Crippen molar-refractivity contribution in [2.75, 3.05) is 25.1 Å². The smallest absolute Gasteiger partial charge is 0.167 e. The van der Waals surface area contributed by atoms with Gasteiger partial charge in [0.15, 0.2) is 5.79 Å². The van der Waals surface area contributed by atoms with Crippen molar-refractivity contribution in [3.8, 4) is 0 Å². The monoisotopic (exact) mass is 223 g/mol. The van der Waals surface area contributed by atoms with Crippen LogP contribution in [0.3, 0.4) is 0 Å². The molecule has 1 N–H and O–H groups in total. The summed E-state index contributed by atoms with van der Waals surface area (Å²) in [5.41, 5.74) is 0.907. The number of hydrogen-bond acceptors (Lipinski definition) is 5. The summed E-state index contributed by atoms with van der Waals surface area (Å²) in [5, 5.41) is 3.20. The predicted molar refractivity (Wildman–Crippen MR) is 60.2 cm³/mol. The van der Waals surface area contributed by atoms with Gasteiger partial charge in [-0.25, -0.2) is 4.98 Å². The molecule has 0 saturated carbocycles. The third kappa shape index (κ3) is 2.90. The Morgan fingerprint density at radius 1 is 1.38 bits per heavy atom. The highest BCUT2D eigenvalue weighted by Gasteiger charge is 2.30. The van der Waals surface area contributed by atoms with E-state index in [4.69, 9.17) is 9.47 Å². The summed E-state index contributed by atoms with van der Waals surface area (Å²) < 4.78 is 11.0. The lowest BCUT2D eigenvalue weighted by Crippen LogP contribution is -2.28. The van der Waals surface area contributed by atoms with Crippen LogP contribution >= 0.6 is 0 Å². The molecule has 5 heteroatoms. The Bertz CT molecular complexity index is 351. The lowest BCUT2D eigenvalue weighted by molar-refractivity contribution is -0.144. The zero-order chi connectivity index (χ0) is 11.4. The molecule has 1 aliphatic heterocycles. The van der Waals surface area contributed by atoms with Crippen LogP contribution in [0.4, 0.5) is 5.82 Å². The van der Waals surface area contributed by atoms with Crippen LogP contribution in [0.1, 0.15) is 19.0 Å². The standard InChI is InChI=1S/C11H17N3O2/c1-9-7-12-8-10(14-9)13-4-3-11(2)15-5-6-16-11/h7-8H,3-6H2,1-2H3,(H,13,14). The SMILES string of the molecule is Cc1cncc(NCCC2(C)OCCO2)n1. The fourth-order valence-corrected chi connectivity index (χ4v) is 1.67. The van der Waals surface area contributed by atoms with E-state index in [1.54, 1.807) is 12.4 Å². The number of hydrogen-bond donors (Lipinski definition) is 1. The van der Waals surface area contributed by atoms with Gasteiger partial charge in [-0.2, -0.15) is 0 Å². The van der Waals surface area contributed by atoms with Gasteiger partial charge in [0.2, 0.25) is 0 Å². The molecule has 0 spiro atoms. The first-order valence-corrected chi connectivity index (χ1v) is 5.48. The van der Waals surface area contributed by atoms with E-state index in [-0.39, 0.29) is 0 Å². The summed E-state index contributed by atoms with van der Waals surface area (Å²) >= 11 is 0. The van der Waals surface area contributed by atoms with Crippen LogP contribution in [0.5, 0.6) is 0 Å². The molecule has 1 aliphatic rings. The average Bonchev–Trinajstić information content (AvgIpc) is 2.65. The van der Waals surface area contributed by atoms with Gasteiger partial charge in [0.05, 0.1) is 25.1 Å². The molecule has 1 aromatic rings. The van der Waals surface area contributed by atoms with E-state index in [0.29, 0.717) is 13.2 Å². The topological polar surface area (TPSA) is 56.3 Å². The maximum absolute atomic E-state index is 5.50. The molecule has 0 atom stereocenters. The van der Waals surface area contributed by atoms with Crippen LogP contribution in [0, 0.1) is 6.92 Å². The number of nitrogens with zero attached hydrogens (tertiary/aromatic N) is 2. The zero-order valence-corrected chi connectivity index (χ0v) is 9.69. The van der Waals surface area contributed by atoms with Crippen molar-refractivity contribution in [2.24, 2.45) is 0 Å². The Morgan fingerprint density at radius 3 is 2.81 bits per heavy atom. The lowest BCUT2D eigenvalue weighted by atomic mass is 10.2. The largest absolute Gasteiger partial charge is 0.369 e. The van der Waals surface area contributed by atoms with Crippen molar-refractivity contribution >= 4 is 5.82 Å². The average molecular weight is 223 g/mol. The first kappa shape index (κ1) is 11.3. The molecule has 1 fully saturated rings. The number of aryl methyl sites for hydroxylation is 1. The second kappa shape index (κ2) is 4.76. The molecule has 0 unspecified atom stereocenters. The first-order valence-electron chi connectivity index (χ1n) is 5.48. The number of nitrogens with one attached hydrogen (secondary N) is 1. The maximum Gasteiger partial charge on any atom is 0.167 e. The Labute approximate surface area is 95.2 Å². The predicted octanol–water partition coefficient (Wildman–Crippen LogP) is 1.35. The second-order valence-corrected chi connectivity index (χ2v) is 4.05. The van der Waals surface area contributed by atoms with Gasteiger partial charge in [-0.05, 0) is 13.8 Å². The number of ether oxygens (including phenoxy) is 2. The van der Waals surface area contributed by atoms with Crippen molar-refractivity contribution in [1.29, 1.82) is 0 Å². The van der Waals surface area contributed by atoms with Crippen molar-refractivity contribution in [1.82, 2.24) is 9.97 Å². The zero-order valence-electron chi connectivity index (χ0n) is 9.69. The second-order valence-electron chi connectivity index (χ2n) is 4.05. The quantitative estimate of drug-likeness (QED) is 0.835. The molecule has 88 valence electrons. The molecular weight excluding hydrogens is 206 g/mol. The van der Waals surface area contributed by atoms with Gasteiger partial charge in [-0.1, -0.05) is 0 Å². The van der Waals surface area contributed by atoms with E-state index in [2.05, 4.69) is 15.3 Å². The Kier molecular flexibility index (Phi) is 3.36. The van der Waals surface area contributed by atoms with Crippen molar-refractivity contribution in [3.05, 3.63) is 18.1 Å². The van der Waals surface area contributed by atoms with E-state index in [1.807, 2.05) is 13.8 Å². The molecule has 1 saturated heterocycles. The number of rotatable bonds is 4. The van der Waals surface area contributed by atoms with Crippen LogP contribution in [-0.4, -0.2) is 35.5 Å². The highest BCUT2D eigenvalue weighted by Crippen LogP contribution is 2.22. The molecule has 2 heterocycles. The summed E-state index contributed by atoms with van der Waals surface area (Å²) in [6.45, 7) is 6.00. The van der Waals surface area contributed by atoms with Gasteiger partial charge >= 0.3 is 0 Å². The molecular formula is C11H17N3O2. The Hall–Kier alpha value is -1.20. The molecule has 1 aromatic heterocycles. The highest BCUT2D eigenvalue weighted by molar-refractivity contribution is 5.31. The van der Waals surface area contributed by atoms with Crippen molar-refractivity contribution < 1.29 is 9.47 Å². The van der Waals surface area contributed by atoms with Crippen LogP contribution in [0.15, 0.2) is 12.4 Å². The first-order chi connectivity index (χ1) is 7.68. The van der Waals surface area contributed by atoms with Crippen molar-refractivity contribution in [2.45, 2.75) is 26.1 Å². The molecule has 0 aliphatic carbocycles. The van der Waals surface area contributed by atoms with E-state index in [0.717, 1.165) is 24.5 Å². The van der Waals surface area contributed by atoms with Gasteiger partial charge in [0.1, 0.15) is 5.82 Å². The molecule has 5 nitrogen and oxygen atoms in total. The summed E-state index contributed by atoms with van der Waals surface area (Å²) in [6.07, 6.45) is 4.24. The minimum absolute atomic E-state index is 0.440. The third-order valence-corrected chi connectivity index (χ3v) is 2.54. The summed E-state index contributed by atoms with van der Waals surface area (Å²) in [4.78, 5) is 8.37. The summed E-state index contributed by atoms with van der Waals surface area (Å²) in [7, 11) is 0. The highest BCUT2D eigenvalue weighted by atomic mass is 16.7. The van der Waals surface area contributed by atoms with E-state index >= 15 is 0 Å². The van der Waals surface area contributed by atoms with Gasteiger partial charge in [-0.15, -0.1) is 0 Å². The minimum atomic E-state index is -0.440. The lowest BCUT2D eigenvalue weighted by Gasteiger charge is -2.22. The van der Waals surface area contributed by atoms with Crippen molar-refractivity contribution in [3.63, 3.8) is 0 Å². The van der Waals surface area contributed by atoms with E-state index in [9.17, 15) is 0 Å². The fourth-order valence-electron chi connectivity index (χ4n) is 1.67. The Morgan fingerprint density at radius 2 is 2.12 bits per heavy atom. The Balaban J connectivity index is 1.79. The number of anilines is 1.